The van der Waals surface area contributed by atoms with Gasteiger partial charge in [-0.2, -0.15) is 11.8 Å². The van der Waals surface area contributed by atoms with Crippen LogP contribution in [0.15, 0.2) is 0 Å². The smallest absolute Gasteiger partial charge is 0.0693 e. The highest BCUT2D eigenvalue weighted by Crippen LogP contribution is 2.31. The Labute approximate surface area is 110 Å². The minimum absolute atomic E-state index is 0.106. The molecule has 4 unspecified atom stereocenters. The first-order chi connectivity index (χ1) is 8.31. The van der Waals surface area contributed by atoms with Crippen molar-refractivity contribution < 1.29 is 5.11 Å². The van der Waals surface area contributed by atoms with E-state index in [9.17, 15) is 5.11 Å². The number of hydrogen-bond acceptors (Lipinski definition) is 3. The van der Waals surface area contributed by atoms with Gasteiger partial charge in [0.1, 0.15) is 0 Å². The van der Waals surface area contributed by atoms with Crippen LogP contribution in [-0.2, 0) is 0 Å². The standard InChI is InChI=1S/C14H27NOS/c1-2-17-14-10-6-8-12(14)15-11-7-4-3-5-9-13(11)16/h11-16H,2-10H2,1H3. The van der Waals surface area contributed by atoms with E-state index >= 15 is 0 Å². The third kappa shape index (κ3) is 3.87. The lowest BCUT2D eigenvalue weighted by molar-refractivity contribution is 0.114. The second-order valence-electron chi connectivity index (χ2n) is 5.51. The van der Waals surface area contributed by atoms with Crippen molar-refractivity contribution in [2.75, 3.05) is 5.75 Å². The van der Waals surface area contributed by atoms with Crippen molar-refractivity contribution in [3.63, 3.8) is 0 Å². The van der Waals surface area contributed by atoms with Gasteiger partial charge in [0.2, 0.25) is 0 Å². The highest BCUT2D eigenvalue weighted by molar-refractivity contribution is 7.99. The van der Waals surface area contributed by atoms with E-state index in [1.54, 1.807) is 0 Å². The molecule has 0 aromatic rings. The summed E-state index contributed by atoms with van der Waals surface area (Å²) in [6.07, 6.45) is 9.87. The fraction of sp³-hybridized carbons (Fsp3) is 1.00. The predicted molar refractivity (Wildman–Crippen MR) is 75.6 cm³/mol. The van der Waals surface area contributed by atoms with E-state index in [0.29, 0.717) is 12.1 Å². The van der Waals surface area contributed by atoms with E-state index in [1.165, 1.54) is 50.7 Å². The lowest BCUT2D eigenvalue weighted by Gasteiger charge is -2.29. The van der Waals surface area contributed by atoms with Gasteiger partial charge in [0, 0.05) is 17.3 Å². The van der Waals surface area contributed by atoms with Crippen molar-refractivity contribution >= 4 is 11.8 Å². The van der Waals surface area contributed by atoms with Crippen LogP contribution in [0.1, 0.15) is 58.3 Å². The molecule has 0 bridgehead atoms. The molecule has 4 atom stereocenters. The summed E-state index contributed by atoms with van der Waals surface area (Å²) in [7, 11) is 0. The number of thioether (sulfide) groups is 1. The molecular formula is C14H27NOS. The molecular weight excluding hydrogens is 230 g/mol. The monoisotopic (exact) mass is 257 g/mol. The molecule has 3 heteroatoms. The Kier molecular flexibility index (Phi) is 5.64. The molecule has 0 amide bonds. The minimum Gasteiger partial charge on any atom is -0.392 e. The molecule has 0 heterocycles. The third-order valence-electron chi connectivity index (χ3n) is 4.24. The van der Waals surface area contributed by atoms with Gasteiger partial charge in [-0.25, -0.2) is 0 Å². The summed E-state index contributed by atoms with van der Waals surface area (Å²) in [5.41, 5.74) is 0. The second-order valence-corrected chi connectivity index (χ2v) is 7.03. The number of nitrogens with one attached hydrogen (secondary N) is 1. The maximum atomic E-state index is 10.2. The summed E-state index contributed by atoms with van der Waals surface area (Å²) in [5.74, 6) is 1.22. The van der Waals surface area contributed by atoms with Crippen LogP contribution in [0.2, 0.25) is 0 Å². The average molecular weight is 257 g/mol. The van der Waals surface area contributed by atoms with Crippen molar-refractivity contribution in [3.05, 3.63) is 0 Å². The van der Waals surface area contributed by atoms with Crippen LogP contribution in [0.4, 0.5) is 0 Å². The number of aliphatic hydroxyl groups excluding tert-OH is 1. The summed E-state index contributed by atoms with van der Waals surface area (Å²) >= 11 is 2.10. The third-order valence-corrected chi connectivity index (χ3v) is 5.57. The summed E-state index contributed by atoms with van der Waals surface area (Å²) in [5, 5.41) is 14.7. The highest BCUT2D eigenvalue weighted by Gasteiger charge is 2.31. The van der Waals surface area contributed by atoms with Gasteiger partial charge in [0.15, 0.2) is 0 Å². The lowest BCUT2D eigenvalue weighted by atomic mass is 10.0. The molecule has 0 aliphatic heterocycles. The van der Waals surface area contributed by atoms with Gasteiger partial charge in [-0.1, -0.05) is 32.6 Å². The van der Waals surface area contributed by atoms with Gasteiger partial charge in [0.25, 0.3) is 0 Å². The molecule has 0 aromatic heterocycles. The maximum absolute atomic E-state index is 10.2. The molecule has 2 N–H and O–H groups in total. The van der Waals surface area contributed by atoms with Gasteiger partial charge in [-0.15, -0.1) is 0 Å². The van der Waals surface area contributed by atoms with E-state index < -0.39 is 0 Å². The number of hydrogen-bond donors (Lipinski definition) is 2. The first-order valence-electron chi connectivity index (χ1n) is 7.37. The van der Waals surface area contributed by atoms with Crippen molar-refractivity contribution in [1.29, 1.82) is 0 Å². The van der Waals surface area contributed by atoms with Crippen LogP contribution < -0.4 is 5.32 Å². The molecule has 2 rings (SSSR count). The SMILES string of the molecule is CCSC1CCCC1NC1CCCCCC1O. The molecule has 2 saturated carbocycles. The van der Waals surface area contributed by atoms with E-state index in [-0.39, 0.29) is 6.10 Å². The Bertz CT molecular complexity index is 224. The Morgan fingerprint density at radius 2 is 1.76 bits per heavy atom. The average Bonchev–Trinajstić information content (AvgIpc) is 2.64. The van der Waals surface area contributed by atoms with E-state index in [4.69, 9.17) is 0 Å². The largest absolute Gasteiger partial charge is 0.392 e. The Balaban J connectivity index is 1.85. The lowest BCUT2D eigenvalue weighted by Crippen LogP contribution is -2.47. The van der Waals surface area contributed by atoms with E-state index in [2.05, 4.69) is 24.0 Å². The first kappa shape index (κ1) is 13.7. The normalized spacial score (nSPS) is 39.2. The minimum atomic E-state index is -0.106. The van der Waals surface area contributed by atoms with Crippen molar-refractivity contribution in [3.8, 4) is 0 Å². The van der Waals surface area contributed by atoms with Gasteiger partial charge in [-0.05, 0) is 31.4 Å². The van der Waals surface area contributed by atoms with Gasteiger partial charge >= 0.3 is 0 Å². The zero-order valence-electron chi connectivity index (χ0n) is 11.0. The predicted octanol–water partition coefficient (Wildman–Crippen LogP) is 2.94. The van der Waals surface area contributed by atoms with Crippen LogP contribution in [0.5, 0.6) is 0 Å². The summed E-state index contributed by atoms with van der Waals surface area (Å²) < 4.78 is 0. The topological polar surface area (TPSA) is 32.3 Å². The van der Waals surface area contributed by atoms with E-state index in [1.807, 2.05) is 0 Å². The van der Waals surface area contributed by atoms with Crippen LogP contribution in [0.3, 0.4) is 0 Å². The maximum Gasteiger partial charge on any atom is 0.0693 e. The zero-order chi connectivity index (χ0) is 12.1. The molecule has 0 saturated heterocycles. The Morgan fingerprint density at radius 3 is 2.59 bits per heavy atom. The molecule has 2 fully saturated rings. The number of rotatable bonds is 4. The van der Waals surface area contributed by atoms with Gasteiger partial charge in [0.05, 0.1) is 6.10 Å². The van der Waals surface area contributed by atoms with Crippen LogP contribution in [-0.4, -0.2) is 34.3 Å². The molecule has 2 aliphatic carbocycles. The zero-order valence-corrected chi connectivity index (χ0v) is 11.8. The molecule has 0 spiro atoms. The highest BCUT2D eigenvalue weighted by atomic mass is 32.2. The summed E-state index contributed by atoms with van der Waals surface area (Å²) in [6, 6.07) is 1.01. The Morgan fingerprint density at radius 1 is 1.00 bits per heavy atom. The molecule has 2 aliphatic rings. The fourth-order valence-corrected chi connectivity index (χ4v) is 4.50. The van der Waals surface area contributed by atoms with E-state index in [0.717, 1.165) is 11.7 Å². The molecule has 17 heavy (non-hydrogen) atoms. The van der Waals surface area contributed by atoms with Gasteiger partial charge < -0.3 is 10.4 Å². The molecule has 0 radical (unpaired) electrons. The van der Waals surface area contributed by atoms with Gasteiger partial charge in [-0.3, -0.25) is 0 Å². The molecule has 100 valence electrons. The second kappa shape index (κ2) is 7.01. The molecule has 0 aromatic carbocycles. The molecule has 2 nitrogen and oxygen atoms in total. The van der Waals surface area contributed by atoms with Crippen molar-refractivity contribution in [1.82, 2.24) is 5.32 Å². The Hall–Kier alpha value is 0.270. The summed E-state index contributed by atoms with van der Waals surface area (Å²) in [4.78, 5) is 0. The van der Waals surface area contributed by atoms with Crippen molar-refractivity contribution in [2.45, 2.75) is 81.7 Å². The quantitative estimate of drug-likeness (QED) is 0.760. The first-order valence-corrected chi connectivity index (χ1v) is 8.42. The van der Waals surface area contributed by atoms with Crippen LogP contribution in [0, 0.1) is 0 Å². The fourth-order valence-electron chi connectivity index (χ4n) is 3.29. The summed E-state index contributed by atoms with van der Waals surface area (Å²) in [6.45, 7) is 2.25. The van der Waals surface area contributed by atoms with Crippen molar-refractivity contribution in [2.24, 2.45) is 0 Å². The van der Waals surface area contributed by atoms with Crippen LogP contribution >= 0.6 is 11.8 Å². The number of aliphatic hydroxyl groups is 1. The van der Waals surface area contributed by atoms with Crippen LogP contribution in [0.25, 0.3) is 0 Å².